The molecule has 0 unspecified atom stereocenters. The Bertz CT molecular complexity index is 698. The van der Waals surface area contributed by atoms with Crippen molar-refractivity contribution in [2.45, 2.75) is 32.7 Å². The molecule has 2 heterocycles. The Kier molecular flexibility index (Phi) is 5.01. The number of aromatic nitrogens is 2. The molecular weight excluding hydrogens is 334 g/mol. The first kappa shape index (κ1) is 16.7. The Hall–Kier alpha value is -2.12. The molecule has 1 atom stereocenters. The standard InChI is InChI=1S/C16H18ClN3O4/c1-10(23-13-5-3-12(17)4-6-13)16(21)20-7-14(8-20)22-9-15-19-18-11(2)24-15/h3-6,10,14H,7-9H2,1-2H3/t10-/m0/s1. The molecule has 8 heteroatoms. The van der Waals surface area contributed by atoms with Crippen LogP contribution in [0.15, 0.2) is 28.7 Å². The maximum atomic E-state index is 12.3. The van der Waals surface area contributed by atoms with Gasteiger partial charge >= 0.3 is 0 Å². The smallest absolute Gasteiger partial charge is 0.263 e. The van der Waals surface area contributed by atoms with Crippen molar-refractivity contribution in [3.63, 3.8) is 0 Å². The summed E-state index contributed by atoms with van der Waals surface area (Å²) in [6, 6.07) is 6.92. The van der Waals surface area contributed by atoms with Crippen LogP contribution in [0.5, 0.6) is 5.75 Å². The first-order chi connectivity index (χ1) is 11.5. The molecule has 7 nitrogen and oxygen atoms in total. The molecule has 0 N–H and O–H groups in total. The van der Waals surface area contributed by atoms with Crippen LogP contribution >= 0.6 is 11.6 Å². The monoisotopic (exact) mass is 351 g/mol. The fourth-order valence-corrected chi connectivity index (χ4v) is 2.46. The minimum absolute atomic E-state index is 0.0242. The van der Waals surface area contributed by atoms with E-state index in [4.69, 9.17) is 25.5 Å². The molecule has 0 spiro atoms. The molecule has 1 amide bonds. The molecule has 2 aromatic rings. The summed E-state index contributed by atoms with van der Waals surface area (Å²) < 4.78 is 16.5. The summed E-state index contributed by atoms with van der Waals surface area (Å²) in [4.78, 5) is 14.0. The third-order valence-corrected chi connectivity index (χ3v) is 3.90. The number of ether oxygens (including phenoxy) is 2. The molecular formula is C16H18ClN3O4. The number of nitrogens with zero attached hydrogens (tertiary/aromatic N) is 3. The molecule has 1 aromatic heterocycles. The van der Waals surface area contributed by atoms with Gasteiger partial charge in [-0.3, -0.25) is 4.79 Å². The predicted molar refractivity (Wildman–Crippen MR) is 85.7 cm³/mol. The van der Waals surface area contributed by atoms with E-state index in [-0.39, 0.29) is 18.6 Å². The van der Waals surface area contributed by atoms with Gasteiger partial charge in [0, 0.05) is 25.0 Å². The summed E-state index contributed by atoms with van der Waals surface area (Å²) >= 11 is 5.82. The number of amides is 1. The van der Waals surface area contributed by atoms with Gasteiger partial charge in [-0.2, -0.15) is 0 Å². The second kappa shape index (κ2) is 7.19. The molecule has 1 aliphatic heterocycles. The van der Waals surface area contributed by atoms with Gasteiger partial charge in [-0.05, 0) is 31.2 Å². The van der Waals surface area contributed by atoms with E-state index in [9.17, 15) is 4.79 Å². The van der Waals surface area contributed by atoms with Gasteiger partial charge in [-0.25, -0.2) is 0 Å². The lowest BCUT2D eigenvalue weighted by molar-refractivity contribution is -0.153. The van der Waals surface area contributed by atoms with E-state index in [0.29, 0.717) is 35.6 Å². The van der Waals surface area contributed by atoms with Gasteiger partial charge in [-0.1, -0.05) is 11.6 Å². The van der Waals surface area contributed by atoms with Crippen molar-refractivity contribution in [2.24, 2.45) is 0 Å². The van der Waals surface area contributed by atoms with Crippen LogP contribution in [0, 0.1) is 6.92 Å². The highest BCUT2D eigenvalue weighted by molar-refractivity contribution is 6.30. The molecule has 0 bridgehead atoms. The Balaban J connectivity index is 1.41. The first-order valence-corrected chi connectivity index (χ1v) is 8.00. The number of likely N-dealkylation sites (tertiary alicyclic amines) is 1. The number of hydrogen-bond donors (Lipinski definition) is 0. The van der Waals surface area contributed by atoms with E-state index < -0.39 is 6.10 Å². The van der Waals surface area contributed by atoms with Crippen molar-refractivity contribution in [1.82, 2.24) is 15.1 Å². The van der Waals surface area contributed by atoms with Crippen LogP contribution in [0.3, 0.4) is 0 Å². The quantitative estimate of drug-likeness (QED) is 0.794. The number of hydrogen-bond acceptors (Lipinski definition) is 6. The van der Waals surface area contributed by atoms with E-state index in [0.717, 1.165) is 0 Å². The van der Waals surface area contributed by atoms with Crippen molar-refractivity contribution in [2.75, 3.05) is 13.1 Å². The first-order valence-electron chi connectivity index (χ1n) is 7.63. The maximum Gasteiger partial charge on any atom is 0.263 e. The van der Waals surface area contributed by atoms with Crippen LogP contribution in [0.2, 0.25) is 5.02 Å². The lowest BCUT2D eigenvalue weighted by Gasteiger charge is -2.39. The zero-order valence-electron chi connectivity index (χ0n) is 13.4. The minimum atomic E-state index is -0.564. The highest BCUT2D eigenvalue weighted by atomic mass is 35.5. The summed E-state index contributed by atoms with van der Waals surface area (Å²) in [6.45, 7) is 4.76. The van der Waals surface area contributed by atoms with E-state index in [1.807, 2.05) is 0 Å². The molecule has 24 heavy (non-hydrogen) atoms. The van der Waals surface area contributed by atoms with Gasteiger partial charge in [0.25, 0.3) is 5.91 Å². The predicted octanol–water partition coefficient (Wildman–Crippen LogP) is 2.23. The van der Waals surface area contributed by atoms with E-state index in [2.05, 4.69) is 10.2 Å². The molecule has 1 aromatic carbocycles. The van der Waals surface area contributed by atoms with Gasteiger partial charge in [0.15, 0.2) is 6.10 Å². The number of carbonyl (C=O) groups is 1. The summed E-state index contributed by atoms with van der Waals surface area (Å²) in [7, 11) is 0. The fourth-order valence-electron chi connectivity index (χ4n) is 2.33. The number of carbonyl (C=O) groups excluding carboxylic acids is 1. The van der Waals surface area contributed by atoms with Crippen molar-refractivity contribution in [3.8, 4) is 5.75 Å². The highest BCUT2D eigenvalue weighted by Crippen LogP contribution is 2.19. The second-order valence-corrected chi connectivity index (χ2v) is 6.04. The van der Waals surface area contributed by atoms with Crippen molar-refractivity contribution in [3.05, 3.63) is 41.1 Å². The zero-order valence-corrected chi connectivity index (χ0v) is 14.2. The molecule has 0 radical (unpaired) electrons. The number of halogens is 1. The van der Waals surface area contributed by atoms with Crippen LogP contribution in [0.1, 0.15) is 18.7 Å². The van der Waals surface area contributed by atoms with Gasteiger partial charge in [-0.15, -0.1) is 10.2 Å². The topological polar surface area (TPSA) is 77.7 Å². The van der Waals surface area contributed by atoms with Crippen LogP contribution in [0.4, 0.5) is 0 Å². The third kappa shape index (κ3) is 4.04. The second-order valence-electron chi connectivity index (χ2n) is 5.61. The van der Waals surface area contributed by atoms with Crippen LogP contribution < -0.4 is 4.74 Å². The highest BCUT2D eigenvalue weighted by Gasteiger charge is 2.34. The molecule has 3 rings (SSSR count). The van der Waals surface area contributed by atoms with Gasteiger partial charge in [0.2, 0.25) is 11.8 Å². The Labute approximate surface area is 144 Å². The average Bonchev–Trinajstić information content (AvgIpc) is 2.93. The molecule has 0 aliphatic carbocycles. The third-order valence-electron chi connectivity index (χ3n) is 3.64. The lowest BCUT2D eigenvalue weighted by atomic mass is 10.1. The van der Waals surface area contributed by atoms with Crippen molar-refractivity contribution in [1.29, 1.82) is 0 Å². The minimum Gasteiger partial charge on any atom is -0.481 e. The van der Waals surface area contributed by atoms with Crippen LogP contribution in [-0.4, -0.2) is 46.3 Å². The summed E-state index contributed by atoms with van der Waals surface area (Å²) in [5, 5.41) is 8.22. The van der Waals surface area contributed by atoms with Crippen molar-refractivity contribution < 1.29 is 18.7 Å². The molecule has 1 fully saturated rings. The average molecular weight is 352 g/mol. The number of benzene rings is 1. The van der Waals surface area contributed by atoms with E-state index >= 15 is 0 Å². The number of rotatable bonds is 6. The Morgan fingerprint density at radius 3 is 2.71 bits per heavy atom. The summed E-state index contributed by atoms with van der Waals surface area (Å²) in [5.41, 5.74) is 0. The fraction of sp³-hybridized carbons (Fsp3) is 0.438. The van der Waals surface area contributed by atoms with E-state index in [1.54, 1.807) is 43.0 Å². The molecule has 1 aliphatic rings. The normalized spacial score (nSPS) is 15.9. The van der Waals surface area contributed by atoms with Gasteiger partial charge in [0.1, 0.15) is 12.4 Å². The largest absolute Gasteiger partial charge is 0.481 e. The molecule has 0 saturated carbocycles. The van der Waals surface area contributed by atoms with Gasteiger partial charge in [0.05, 0.1) is 6.10 Å². The zero-order chi connectivity index (χ0) is 17.1. The SMILES string of the molecule is Cc1nnc(COC2CN(C(=O)[C@H](C)Oc3ccc(Cl)cc3)C2)o1. The number of aryl methyl sites for hydroxylation is 1. The van der Waals surface area contributed by atoms with Gasteiger partial charge < -0.3 is 18.8 Å². The molecule has 1 saturated heterocycles. The maximum absolute atomic E-state index is 12.3. The van der Waals surface area contributed by atoms with E-state index in [1.165, 1.54) is 0 Å². The Morgan fingerprint density at radius 2 is 2.08 bits per heavy atom. The summed E-state index contributed by atoms with van der Waals surface area (Å²) in [6.07, 6.45) is -0.588. The van der Waals surface area contributed by atoms with Crippen molar-refractivity contribution >= 4 is 17.5 Å². The Morgan fingerprint density at radius 1 is 1.38 bits per heavy atom. The summed E-state index contributed by atoms with van der Waals surface area (Å²) in [5.74, 6) is 1.49. The molecule has 128 valence electrons. The van der Waals surface area contributed by atoms with Crippen LogP contribution in [-0.2, 0) is 16.1 Å². The lowest BCUT2D eigenvalue weighted by Crippen LogP contribution is -2.57. The van der Waals surface area contributed by atoms with Crippen LogP contribution in [0.25, 0.3) is 0 Å².